The molecule has 90 valence electrons. The molecular formula is C11H11NO5. The van der Waals surface area contributed by atoms with Gasteiger partial charge in [-0.25, -0.2) is 4.79 Å². The van der Waals surface area contributed by atoms with Gasteiger partial charge in [0.25, 0.3) is 5.78 Å². The van der Waals surface area contributed by atoms with E-state index in [4.69, 9.17) is 15.6 Å². The average molecular weight is 237 g/mol. The number of Topliss-reactive ketones (excluding diaryl/α,β-unsaturated/α-hetero) is 1. The molecule has 0 aliphatic carbocycles. The number of ether oxygens (including phenoxy) is 1. The highest BCUT2D eigenvalue weighted by Crippen LogP contribution is 2.09. The summed E-state index contributed by atoms with van der Waals surface area (Å²) in [6.45, 7) is 0. The van der Waals surface area contributed by atoms with E-state index in [1.54, 1.807) is 30.3 Å². The van der Waals surface area contributed by atoms with Gasteiger partial charge in [-0.05, 0) is 12.1 Å². The van der Waals surface area contributed by atoms with Gasteiger partial charge < -0.3 is 15.6 Å². The quantitative estimate of drug-likeness (QED) is 0.423. The second-order valence-corrected chi connectivity index (χ2v) is 3.27. The number of carbonyl (C=O) groups excluding carboxylic acids is 2. The van der Waals surface area contributed by atoms with Crippen LogP contribution in [-0.4, -0.2) is 28.9 Å². The highest BCUT2D eigenvalue weighted by molar-refractivity contribution is 6.35. The Morgan fingerprint density at radius 3 is 2.35 bits per heavy atom. The minimum Gasteiger partial charge on any atom is -0.475 e. The summed E-state index contributed by atoms with van der Waals surface area (Å²) in [6, 6.07) is 6.82. The topological polar surface area (TPSA) is 107 Å². The first-order valence-electron chi connectivity index (χ1n) is 4.79. The van der Waals surface area contributed by atoms with Gasteiger partial charge in [-0.3, -0.25) is 9.59 Å². The van der Waals surface area contributed by atoms with Crippen LogP contribution < -0.4 is 10.5 Å². The van der Waals surface area contributed by atoms with Crippen LogP contribution in [0.2, 0.25) is 0 Å². The molecule has 0 aliphatic rings. The van der Waals surface area contributed by atoms with E-state index in [0.717, 1.165) is 0 Å². The number of esters is 1. The van der Waals surface area contributed by atoms with E-state index in [1.165, 1.54) is 0 Å². The van der Waals surface area contributed by atoms with Crippen LogP contribution in [-0.2, 0) is 14.4 Å². The number of para-hydroxylation sites is 1. The zero-order valence-corrected chi connectivity index (χ0v) is 8.83. The summed E-state index contributed by atoms with van der Waals surface area (Å²) in [5, 5.41) is 8.37. The van der Waals surface area contributed by atoms with Gasteiger partial charge in [0.2, 0.25) is 0 Å². The highest BCUT2D eigenvalue weighted by Gasteiger charge is 2.24. The van der Waals surface area contributed by atoms with Gasteiger partial charge in [-0.2, -0.15) is 0 Å². The summed E-state index contributed by atoms with van der Waals surface area (Å²) in [4.78, 5) is 32.5. The van der Waals surface area contributed by atoms with Crippen LogP contribution in [0.4, 0.5) is 0 Å². The number of hydrogen-bond donors (Lipinski definition) is 2. The molecule has 0 radical (unpaired) electrons. The maximum absolute atomic E-state index is 11.3. The zero-order chi connectivity index (χ0) is 12.8. The molecule has 0 aliphatic heterocycles. The van der Waals surface area contributed by atoms with E-state index < -0.39 is 30.2 Å². The molecular weight excluding hydrogens is 226 g/mol. The van der Waals surface area contributed by atoms with Crippen molar-refractivity contribution < 1.29 is 24.2 Å². The number of aliphatic carboxylic acids is 1. The lowest BCUT2D eigenvalue weighted by molar-refractivity contribution is -0.150. The summed E-state index contributed by atoms with van der Waals surface area (Å²) in [5.41, 5.74) is 5.24. The van der Waals surface area contributed by atoms with Crippen molar-refractivity contribution in [2.75, 3.05) is 0 Å². The van der Waals surface area contributed by atoms with E-state index in [-0.39, 0.29) is 0 Å². The van der Waals surface area contributed by atoms with Crippen LogP contribution in [0.25, 0.3) is 0 Å². The highest BCUT2D eigenvalue weighted by atomic mass is 16.5. The molecule has 1 aromatic carbocycles. The fourth-order valence-electron chi connectivity index (χ4n) is 1.09. The van der Waals surface area contributed by atoms with Crippen molar-refractivity contribution >= 4 is 17.7 Å². The van der Waals surface area contributed by atoms with Crippen LogP contribution >= 0.6 is 0 Å². The van der Waals surface area contributed by atoms with Gasteiger partial charge in [0.15, 0.2) is 0 Å². The number of benzene rings is 1. The number of nitrogens with two attached hydrogens (primary N) is 1. The Morgan fingerprint density at radius 1 is 1.24 bits per heavy atom. The standard InChI is InChI=1S/C11H11NO5/c12-8(10(14)11(15)16)6-9(13)17-7-4-2-1-3-5-7/h1-5,8H,6,12H2,(H,15,16)/t8-/m0/s1. The number of rotatable bonds is 5. The summed E-state index contributed by atoms with van der Waals surface area (Å²) in [5.74, 6) is -3.31. The summed E-state index contributed by atoms with van der Waals surface area (Å²) < 4.78 is 4.85. The van der Waals surface area contributed by atoms with Crippen molar-refractivity contribution in [2.24, 2.45) is 5.73 Å². The molecule has 3 N–H and O–H groups in total. The van der Waals surface area contributed by atoms with Crippen LogP contribution in [0.15, 0.2) is 30.3 Å². The molecule has 0 fully saturated rings. The molecule has 0 aromatic heterocycles. The van der Waals surface area contributed by atoms with E-state index >= 15 is 0 Å². The molecule has 0 amide bonds. The molecule has 6 heteroatoms. The number of carboxylic acids is 1. The van der Waals surface area contributed by atoms with E-state index in [0.29, 0.717) is 5.75 Å². The molecule has 0 unspecified atom stereocenters. The van der Waals surface area contributed by atoms with Crippen molar-refractivity contribution in [3.8, 4) is 5.75 Å². The predicted octanol–water partition coefficient (Wildman–Crippen LogP) is -0.0369. The molecule has 1 atom stereocenters. The normalized spacial score (nSPS) is 11.6. The number of hydrogen-bond acceptors (Lipinski definition) is 5. The van der Waals surface area contributed by atoms with Crippen LogP contribution in [0.3, 0.4) is 0 Å². The van der Waals surface area contributed by atoms with Gasteiger partial charge >= 0.3 is 11.9 Å². The minimum atomic E-state index is -1.66. The smallest absolute Gasteiger partial charge is 0.373 e. The number of ketones is 1. The SMILES string of the molecule is N[C@@H](CC(=O)Oc1ccccc1)C(=O)C(=O)O. The number of carbonyl (C=O) groups is 3. The van der Waals surface area contributed by atoms with Crippen molar-refractivity contribution in [1.29, 1.82) is 0 Å². The van der Waals surface area contributed by atoms with Crippen LogP contribution in [0.5, 0.6) is 5.75 Å². The van der Waals surface area contributed by atoms with E-state index in [9.17, 15) is 14.4 Å². The van der Waals surface area contributed by atoms with Crippen molar-refractivity contribution in [3.63, 3.8) is 0 Å². The minimum absolute atomic E-state index is 0.312. The maximum Gasteiger partial charge on any atom is 0.373 e. The zero-order valence-electron chi connectivity index (χ0n) is 8.83. The molecule has 1 rings (SSSR count). The Balaban J connectivity index is 2.51. The molecule has 17 heavy (non-hydrogen) atoms. The Bertz CT molecular complexity index is 429. The van der Waals surface area contributed by atoms with Gasteiger partial charge in [0.1, 0.15) is 5.75 Å². The Hall–Kier alpha value is -2.21. The summed E-state index contributed by atoms with van der Waals surface area (Å²) in [7, 11) is 0. The second kappa shape index (κ2) is 5.76. The first-order chi connectivity index (χ1) is 8.00. The second-order valence-electron chi connectivity index (χ2n) is 3.27. The Labute approximate surface area is 97.0 Å². The lowest BCUT2D eigenvalue weighted by Crippen LogP contribution is -2.38. The third kappa shape index (κ3) is 4.04. The average Bonchev–Trinajstić information content (AvgIpc) is 2.28. The molecule has 0 saturated carbocycles. The summed E-state index contributed by atoms with van der Waals surface area (Å²) in [6.07, 6.45) is -0.472. The molecule has 6 nitrogen and oxygen atoms in total. The number of carboxylic acid groups (broad SMARTS) is 1. The summed E-state index contributed by atoms with van der Waals surface area (Å²) >= 11 is 0. The monoisotopic (exact) mass is 237 g/mol. The first-order valence-corrected chi connectivity index (χ1v) is 4.79. The third-order valence-corrected chi connectivity index (χ3v) is 1.91. The fourth-order valence-corrected chi connectivity index (χ4v) is 1.09. The maximum atomic E-state index is 11.3. The largest absolute Gasteiger partial charge is 0.475 e. The van der Waals surface area contributed by atoms with Gasteiger partial charge in [0.05, 0.1) is 12.5 Å². The lowest BCUT2D eigenvalue weighted by atomic mass is 10.1. The van der Waals surface area contributed by atoms with Gasteiger partial charge in [-0.1, -0.05) is 18.2 Å². The predicted molar refractivity (Wildman–Crippen MR) is 57.3 cm³/mol. The third-order valence-electron chi connectivity index (χ3n) is 1.91. The van der Waals surface area contributed by atoms with Crippen LogP contribution in [0.1, 0.15) is 6.42 Å². The first kappa shape index (κ1) is 12.9. The molecule has 0 bridgehead atoms. The van der Waals surface area contributed by atoms with Gasteiger partial charge in [0, 0.05) is 0 Å². The van der Waals surface area contributed by atoms with Gasteiger partial charge in [-0.15, -0.1) is 0 Å². The van der Waals surface area contributed by atoms with Crippen LogP contribution in [0, 0.1) is 0 Å². The molecule has 1 aromatic rings. The Kier molecular flexibility index (Phi) is 4.36. The van der Waals surface area contributed by atoms with Crippen molar-refractivity contribution in [2.45, 2.75) is 12.5 Å². The van der Waals surface area contributed by atoms with E-state index in [2.05, 4.69) is 0 Å². The fraction of sp³-hybridized carbons (Fsp3) is 0.182. The molecule has 0 heterocycles. The van der Waals surface area contributed by atoms with Crippen molar-refractivity contribution in [1.82, 2.24) is 0 Å². The lowest BCUT2D eigenvalue weighted by Gasteiger charge is -2.07. The van der Waals surface area contributed by atoms with E-state index in [1.807, 2.05) is 0 Å². The Morgan fingerprint density at radius 2 is 1.82 bits per heavy atom. The van der Waals surface area contributed by atoms with Crippen molar-refractivity contribution in [3.05, 3.63) is 30.3 Å². The molecule has 0 saturated heterocycles. The molecule has 0 spiro atoms.